The normalized spacial score (nSPS) is 14.4. The van der Waals surface area contributed by atoms with Gasteiger partial charge in [-0.2, -0.15) is 0 Å². The van der Waals surface area contributed by atoms with Crippen molar-refractivity contribution in [3.8, 4) is 0 Å². The van der Waals surface area contributed by atoms with E-state index < -0.39 is 0 Å². The van der Waals surface area contributed by atoms with E-state index >= 15 is 0 Å². The van der Waals surface area contributed by atoms with Crippen molar-refractivity contribution in [1.82, 2.24) is 15.3 Å². The van der Waals surface area contributed by atoms with E-state index in [0.717, 1.165) is 35.3 Å². The van der Waals surface area contributed by atoms with Gasteiger partial charge in [-0.3, -0.25) is 4.79 Å². The molecule has 0 atom stereocenters. The van der Waals surface area contributed by atoms with Gasteiger partial charge in [-0.05, 0) is 36.9 Å². The average molecular weight is 325 g/mol. The molecule has 7 heteroatoms. The summed E-state index contributed by atoms with van der Waals surface area (Å²) in [5.74, 6) is 1.14. The first kappa shape index (κ1) is 14.5. The number of thiophene rings is 1. The molecule has 1 aliphatic carbocycles. The van der Waals surface area contributed by atoms with Crippen LogP contribution in [0.5, 0.6) is 0 Å². The molecular formula is C14H17ClN4OS. The van der Waals surface area contributed by atoms with Crippen LogP contribution in [0.25, 0.3) is 10.2 Å². The van der Waals surface area contributed by atoms with Crippen LogP contribution in [0.2, 0.25) is 5.28 Å². The molecule has 2 N–H and O–H groups in total. The Kier molecular flexibility index (Phi) is 4.26. The van der Waals surface area contributed by atoms with Crippen LogP contribution >= 0.6 is 22.9 Å². The zero-order chi connectivity index (χ0) is 14.8. The van der Waals surface area contributed by atoms with E-state index in [4.69, 9.17) is 11.6 Å². The predicted molar refractivity (Wildman–Crippen MR) is 86.0 cm³/mol. The van der Waals surface area contributed by atoms with Crippen LogP contribution in [0.3, 0.4) is 0 Å². The van der Waals surface area contributed by atoms with Gasteiger partial charge in [-0.15, -0.1) is 11.3 Å². The van der Waals surface area contributed by atoms with E-state index in [9.17, 15) is 4.79 Å². The number of rotatable bonds is 6. The standard InChI is InChI=1S/C14H17ClN4OS/c1-2-9-7-10-11(18-14(15)19-13(10)21-9)16-5-6-17-12(20)8-3-4-8/h7-8H,2-6H2,1H3,(H,17,20)(H,16,18,19). The summed E-state index contributed by atoms with van der Waals surface area (Å²) >= 11 is 7.60. The molecule has 112 valence electrons. The Morgan fingerprint density at radius 1 is 1.43 bits per heavy atom. The van der Waals surface area contributed by atoms with Crippen molar-refractivity contribution in [2.45, 2.75) is 26.2 Å². The zero-order valence-corrected chi connectivity index (χ0v) is 13.4. The summed E-state index contributed by atoms with van der Waals surface area (Å²) in [6.45, 7) is 3.32. The Hall–Kier alpha value is -1.40. The van der Waals surface area contributed by atoms with Crippen LogP contribution in [0.15, 0.2) is 6.07 Å². The molecule has 0 radical (unpaired) electrons. The third-order valence-corrected chi connectivity index (χ3v) is 4.77. The smallest absolute Gasteiger partial charge is 0.225 e. The lowest BCUT2D eigenvalue weighted by Gasteiger charge is -2.08. The molecule has 0 bridgehead atoms. The van der Waals surface area contributed by atoms with Crippen molar-refractivity contribution < 1.29 is 4.79 Å². The number of fused-ring (bicyclic) bond motifs is 1. The highest BCUT2D eigenvalue weighted by Crippen LogP contribution is 2.30. The first-order chi connectivity index (χ1) is 10.2. The maximum absolute atomic E-state index is 11.5. The molecule has 5 nitrogen and oxygen atoms in total. The number of carbonyl (C=O) groups excluding carboxylic acids is 1. The number of carbonyl (C=O) groups is 1. The molecule has 0 saturated heterocycles. The summed E-state index contributed by atoms with van der Waals surface area (Å²) in [7, 11) is 0. The van der Waals surface area contributed by atoms with Crippen LogP contribution in [0, 0.1) is 5.92 Å². The van der Waals surface area contributed by atoms with Crippen molar-refractivity contribution in [2.24, 2.45) is 5.92 Å². The molecule has 0 unspecified atom stereocenters. The fraction of sp³-hybridized carbons (Fsp3) is 0.500. The minimum absolute atomic E-state index is 0.159. The summed E-state index contributed by atoms with van der Waals surface area (Å²) in [4.78, 5) is 22.2. The van der Waals surface area contributed by atoms with Gasteiger partial charge in [0.1, 0.15) is 10.6 Å². The SMILES string of the molecule is CCc1cc2c(NCCNC(=O)C3CC3)nc(Cl)nc2s1. The number of hydrogen-bond donors (Lipinski definition) is 2. The number of aryl methyl sites for hydroxylation is 1. The summed E-state index contributed by atoms with van der Waals surface area (Å²) in [6.07, 6.45) is 3.02. The van der Waals surface area contributed by atoms with Crippen molar-refractivity contribution >= 4 is 44.9 Å². The highest BCUT2D eigenvalue weighted by molar-refractivity contribution is 7.18. The predicted octanol–water partition coefficient (Wildman–Crippen LogP) is 2.85. The van der Waals surface area contributed by atoms with E-state index in [-0.39, 0.29) is 17.1 Å². The van der Waals surface area contributed by atoms with Gasteiger partial charge in [0.25, 0.3) is 0 Å². The number of halogens is 1. The lowest BCUT2D eigenvalue weighted by atomic mass is 10.3. The van der Waals surface area contributed by atoms with Gasteiger partial charge in [0, 0.05) is 23.9 Å². The molecule has 2 aromatic heterocycles. The number of hydrogen-bond acceptors (Lipinski definition) is 5. The quantitative estimate of drug-likeness (QED) is 0.633. The maximum atomic E-state index is 11.5. The van der Waals surface area contributed by atoms with Crippen molar-refractivity contribution in [3.63, 3.8) is 0 Å². The minimum atomic E-state index is 0.159. The van der Waals surface area contributed by atoms with Crippen LogP contribution in [-0.2, 0) is 11.2 Å². The van der Waals surface area contributed by atoms with Crippen LogP contribution in [0.4, 0.5) is 5.82 Å². The molecule has 1 aliphatic rings. The molecule has 21 heavy (non-hydrogen) atoms. The molecule has 1 amide bonds. The summed E-state index contributed by atoms with van der Waals surface area (Å²) < 4.78 is 0. The first-order valence-electron chi connectivity index (χ1n) is 7.15. The largest absolute Gasteiger partial charge is 0.368 e. The van der Waals surface area contributed by atoms with Crippen molar-refractivity contribution in [1.29, 1.82) is 0 Å². The first-order valence-corrected chi connectivity index (χ1v) is 8.34. The van der Waals surface area contributed by atoms with Crippen LogP contribution in [0.1, 0.15) is 24.6 Å². The molecule has 0 aromatic carbocycles. The Morgan fingerprint density at radius 2 is 2.24 bits per heavy atom. The third kappa shape index (κ3) is 3.44. The summed E-state index contributed by atoms with van der Waals surface area (Å²) in [5, 5.41) is 7.40. The lowest BCUT2D eigenvalue weighted by Crippen LogP contribution is -2.29. The lowest BCUT2D eigenvalue weighted by molar-refractivity contribution is -0.122. The van der Waals surface area contributed by atoms with Crippen molar-refractivity contribution in [2.75, 3.05) is 18.4 Å². The second-order valence-electron chi connectivity index (χ2n) is 5.12. The van der Waals surface area contributed by atoms with Crippen molar-refractivity contribution in [3.05, 3.63) is 16.2 Å². The second-order valence-corrected chi connectivity index (χ2v) is 6.57. The fourth-order valence-corrected chi connectivity index (χ4v) is 3.30. The Morgan fingerprint density at radius 3 is 2.95 bits per heavy atom. The van der Waals surface area contributed by atoms with Gasteiger partial charge in [-0.25, -0.2) is 9.97 Å². The van der Waals surface area contributed by atoms with Gasteiger partial charge in [0.2, 0.25) is 11.2 Å². The maximum Gasteiger partial charge on any atom is 0.225 e. The van der Waals surface area contributed by atoms with Gasteiger partial charge in [0.15, 0.2) is 0 Å². The van der Waals surface area contributed by atoms with E-state index in [2.05, 4.69) is 33.6 Å². The van der Waals surface area contributed by atoms with Gasteiger partial charge >= 0.3 is 0 Å². The van der Waals surface area contributed by atoms with E-state index in [1.807, 2.05) is 0 Å². The number of anilines is 1. The van der Waals surface area contributed by atoms with E-state index in [1.165, 1.54) is 4.88 Å². The summed E-state index contributed by atoms with van der Waals surface area (Å²) in [5.41, 5.74) is 0. The topological polar surface area (TPSA) is 66.9 Å². The van der Waals surface area contributed by atoms with Gasteiger partial charge in [0.05, 0.1) is 5.39 Å². The van der Waals surface area contributed by atoms with E-state index in [0.29, 0.717) is 13.1 Å². The number of nitrogens with one attached hydrogen (secondary N) is 2. The average Bonchev–Trinajstić information content (AvgIpc) is 3.23. The Labute approximate surface area is 132 Å². The van der Waals surface area contributed by atoms with Crippen LogP contribution in [-0.4, -0.2) is 29.0 Å². The van der Waals surface area contributed by atoms with E-state index in [1.54, 1.807) is 11.3 Å². The fourth-order valence-electron chi connectivity index (χ4n) is 2.11. The van der Waals surface area contributed by atoms with Gasteiger partial charge in [-0.1, -0.05) is 6.92 Å². The van der Waals surface area contributed by atoms with Crippen LogP contribution < -0.4 is 10.6 Å². The minimum Gasteiger partial charge on any atom is -0.368 e. The molecule has 1 fully saturated rings. The zero-order valence-electron chi connectivity index (χ0n) is 11.8. The number of amides is 1. The second kappa shape index (κ2) is 6.15. The molecule has 2 aromatic rings. The molecule has 3 rings (SSSR count). The molecule has 0 aliphatic heterocycles. The molecule has 0 spiro atoms. The highest BCUT2D eigenvalue weighted by Gasteiger charge is 2.28. The molecule has 1 saturated carbocycles. The highest BCUT2D eigenvalue weighted by atomic mass is 35.5. The summed E-state index contributed by atoms with van der Waals surface area (Å²) in [6, 6.07) is 2.10. The third-order valence-electron chi connectivity index (χ3n) is 3.43. The molecular weight excluding hydrogens is 308 g/mol. The molecule has 2 heterocycles. The number of nitrogens with zero attached hydrogens (tertiary/aromatic N) is 2. The monoisotopic (exact) mass is 324 g/mol. The Balaban J connectivity index is 1.64. The number of aromatic nitrogens is 2. The van der Waals surface area contributed by atoms with Gasteiger partial charge < -0.3 is 10.6 Å². The Bertz CT molecular complexity index is 668.